The Hall–Kier alpha value is -2.89. The molecule has 0 atom stereocenters. The van der Waals surface area contributed by atoms with Gasteiger partial charge in [0.15, 0.2) is 0 Å². The van der Waals surface area contributed by atoms with Gasteiger partial charge >= 0.3 is 5.97 Å². The van der Waals surface area contributed by atoms with Crippen molar-refractivity contribution in [3.63, 3.8) is 0 Å². The third-order valence-electron chi connectivity index (χ3n) is 4.16. The van der Waals surface area contributed by atoms with Crippen LogP contribution in [-0.2, 0) is 11.2 Å². The van der Waals surface area contributed by atoms with Crippen molar-refractivity contribution in [3.05, 3.63) is 59.9 Å². The molecule has 0 bridgehead atoms. The van der Waals surface area contributed by atoms with Crippen LogP contribution in [0.2, 0.25) is 0 Å². The smallest absolute Gasteiger partial charge is 0.354 e. The number of pyridine rings is 1. The lowest BCUT2D eigenvalue weighted by molar-refractivity contribution is -0.130. The van der Waals surface area contributed by atoms with E-state index in [1.54, 1.807) is 12.3 Å². The van der Waals surface area contributed by atoms with E-state index in [4.69, 9.17) is 5.11 Å². The minimum absolute atomic E-state index is 0.0374. The van der Waals surface area contributed by atoms with Gasteiger partial charge < -0.3 is 14.9 Å². The summed E-state index contributed by atoms with van der Waals surface area (Å²) in [4.78, 5) is 31.1. The molecule has 0 saturated carbocycles. The van der Waals surface area contributed by atoms with Gasteiger partial charge in [-0.1, -0.05) is 30.3 Å². The monoisotopic (exact) mass is 325 g/mol. The SMILES string of the molecule is O=C(O)c1ccc(N2CCN(C(=O)Cc3ccccc3)CC2)cn1. The molecule has 0 spiro atoms. The molecular weight excluding hydrogens is 306 g/mol. The van der Waals surface area contributed by atoms with Crippen LogP contribution >= 0.6 is 0 Å². The van der Waals surface area contributed by atoms with Gasteiger partial charge in [0.25, 0.3) is 0 Å². The number of aromatic carboxylic acids is 1. The van der Waals surface area contributed by atoms with Crippen LogP contribution in [0.3, 0.4) is 0 Å². The van der Waals surface area contributed by atoms with Crippen LogP contribution in [0.25, 0.3) is 0 Å². The molecule has 2 aromatic rings. The minimum atomic E-state index is -1.03. The lowest BCUT2D eigenvalue weighted by Gasteiger charge is -2.36. The summed E-state index contributed by atoms with van der Waals surface area (Å²) in [7, 11) is 0. The number of carbonyl (C=O) groups is 2. The number of amides is 1. The first-order valence-corrected chi connectivity index (χ1v) is 7.89. The number of hydrogen-bond acceptors (Lipinski definition) is 4. The van der Waals surface area contributed by atoms with Crippen LogP contribution < -0.4 is 4.90 Å². The largest absolute Gasteiger partial charge is 0.477 e. The summed E-state index contributed by atoms with van der Waals surface area (Å²) in [6.45, 7) is 2.75. The number of rotatable bonds is 4. The molecule has 24 heavy (non-hydrogen) atoms. The van der Waals surface area contributed by atoms with Crippen LogP contribution in [0.15, 0.2) is 48.7 Å². The third kappa shape index (κ3) is 3.71. The van der Waals surface area contributed by atoms with Crippen LogP contribution in [0, 0.1) is 0 Å². The molecule has 0 radical (unpaired) electrons. The number of aromatic nitrogens is 1. The zero-order valence-corrected chi connectivity index (χ0v) is 13.3. The number of hydrogen-bond donors (Lipinski definition) is 1. The van der Waals surface area contributed by atoms with E-state index in [2.05, 4.69) is 9.88 Å². The maximum absolute atomic E-state index is 12.4. The second-order valence-electron chi connectivity index (χ2n) is 5.74. The molecule has 1 amide bonds. The number of nitrogens with zero attached hydrogens (tertiary/aromatic N) is 3. The Labute approximate surface area is 140 Å². The Balaban J connectivity index is 1.55. The second kappa shape index (κ2) is 7.12. The van der Waals surface area contributed by atoms with Gasteiger partial charge in [0, 0.05) is 26.2 Å². The summed E-state index contributed by atoms with van der Waals surface area (Å²) in [5.41, 5.74) is 1.95. The highest BCUT2D eigenvalue weighted by atomic mass is 16.4. The Kier molecular flexibility index (Phi) is 4.74. The predicted octanol–water partition coefficient (Wildman–Crippen LogP) is 1.67. The first-order valence-electron chi connectivity index (χ1n) is 7.89. The van der Waals surface area contributed by atoms with Crippen molar-refractivity contribution in [2.24, 2.45) is 0 Å². The molecule has 0 unspecified atom stereocenters. The number of piperazine rings is 1. The van der Waals surface area contributed by atoms with E-state index >= 15 is 0 Å². The van der Waals surface area contributed by atoms with Crippen molar-refractivity contribution in [3.8, 4) is 0 Å². The maximum atomic E-state index is 12.4. The van der Waals surface area contributed by atoms with Gasteiger partial charge in [0.1, 0.15) is 5.69 Å². The van der Waals surface area contributed by atoms with Crippen molar-refractivity contribution in [1.82, 2.24) is 9.88 Å². The maximum Gasteiger partial charge on any atom is 0.354 e. The fourth-order valence-electron chi connectivity index (χ4n) is 2.80. The molecule has 0 aliphatic carbocycles. The first kappa shape index (κ1) is 16.0. The van der Waals surface area contributed by atoms with Crippen molar-refractivity contribution in [2.45, 2.75) is 6.42 Å². The zero-order chi connectivity index (χ0) is 16.9. The Bertz CT molecular complexity index is 708. The highest BCUT2D eigenvalue weighted by molar-refractivity contribution is 5.85. The average molecular weight is 325 g/mol. The van der Waals surface area contributed by atoms with Crippen LogP contribution in [0.5, 0.6) is 0 Å². The van der Waals surface area contributed by atoms with Crippen molar-refractivity contribution >= 4 is 17.6 Å². The lowest BCUT2D eigenvalue weighted by Crippen LogP contribution is -2.49. The molecule has 1 aromatic heterocycles. The highest BCUT2D eigenvalue weighted by Crippen LogP contribution is 2.16. The summed E-state index contributed by atoms with van der Waals surface area (Å²) in [5, 5.41) is 8.88. The summed E-state index contributed by atoms with van der Waals surface area (Å²) in [6.07, 6.45) is 2.00. The number of carbonyl (C=O) groups excluding carboxylic acids is 1. The first-order chi connectivity index (χ1) is 11.6. The minimum Gasteiger partial charge on any atom is -0.477 e. The molecule has 2 heterocycles. The fourth-order valence-corrected chi connectivity index (χ4v) is 2.80. The van der Waals surface area contributed by atoms with E-state index in [0.29, 0.717) is 32.6 Å². The van der Waals surface area contributed by atoms with E-state index in [0.717, 1.165) is 11.3 Å². The molecular formula is C18H19N3O3. The Morgan fingerprint density at radius 2 is 1.71 bits per heavy atom. The molecule has 1 aliphatic heterocycles. The number of carboxylic acid groups (broad SMARTS) is 1. The lowest BCUT2D eigenvalue weighted by atomic mass is 10.1. The van der Waals surface area contributed by atoms with Crippen LogP contribution in [0.1, 0.15) is 16.1 Å². The highest BCUT2D eigenvalue weighted by Gasteiger charge is 2.21. The molecule has 124 valence electrons. The molecule has 6 heteroatoms. The zero-order valence-electron chi connectivity index (χ0n) is 13.3. The van der Waals surface area contributed by atoms with E-state index in [1.165, 1.54) is 6.07 Å². The fraction of sp³-hybridized carbons (Fsp3) is 0.278. The second-order valence-corrected chi connectivity index (χ2v) is 5.74. The summed E-state index contributed by atoms with van der Waals surface area (Å²) in [5.74, 6) is -0.891. The quantitative estimate of drug-likeness (QED) is 0.926. The van der Waals surface area contributed by atoms with E-state index in [1.807, 2.05) is 35.2 Å². The Morgan fingerprint density at radius 3 is 2.29 bits per heavy atom. The van der Waals surface area contributed by atoms with Gasteiger partial charge in [-0.15, -0.1) is 0 Å². The standard InChI is InChI=1S/C18H19N3O3/c22-17(12-14-4-2-1-3-5-14)21-10-8-20(9-11-21)15-6-7-16(18(23)24)19-13-15/h1-7,13H,8-12H2,(H,23,24). The molecule has 1 N–H and O–H groups in total. The van der Waals surface area contributed by atoms with Gasteiger partial charge in [-0.05, 0) is 17.7 Å². The van der Waals surface area contributed by atoms with Gasteiger partial charge in [-0.3, -0.25) is 4.79 Å². The Morgan fingerprint density at radius 1 is 1.00 bits per heavy atom. The van der Waals surface area contributed by atoms with E-state index in [9.17, 15) is 9.59 Å². The molecule has 3 rings (SSSR count). The van der Waals surface area contributed by atoms with Crippen LogP contribution in [-0.4, -0.2) is 53.0 Å². The average Bonchev–Trinajstić information content (AvgIpc) is 2.63. The van der Waals surface area contributed by atoms with Crippen molar-refractivity contribution in [2.75, 3.05) is 31.1 Å². The normalized spacial score (nSPS) is 14.5. The number of anilines is 1. The van der Waals surface area contributed by atoms with Crippen LogP contribution in [0.4, 0.5) is 5.69 Å². The van der Waals surface area contributed by atoms with E-state index in [-0.39, 0.29) is 11.6 Å². The molecule has 6 nitrogen and oxygen atoms in total. The topological polar surface area (TPSA) is 73.7 Å². The molecule has 1 aromatic carbocycles. The summed E-state index contributed by atoms with van der Waals surface area (Å²) < 4.78 is 0. The van der Waals surface area contributed by atoms with Crippen molar-refractivity contribution in [1.29, 1.82) is 0 Å². The molecule has 1 saturated heterocycles. The summed E-state index contributed by atoms with van der Waals surface area (Å²) in [6, 6.07) is 13.0. The van der Waals surface area contributed by atoms with Crippen molar-refractivity contribution < 1.29 is 14.7 Å². The predicted molar refractivity (Wildman–Crippen MR) is 90.1 cm³/mol. The number of carboxylic acids is 1. The third-order valence-corrected chi connectivity index (χ3v) is 4.16. The van der Waals surface area contributed by atoms with Gasteiger partial charge in [0.2, 0.25) is 5.91 Å². The van der Waals surface area contributed by atoms with Gasteiger partial charge in [0.05, 0.1) is 18.3 Å². The van der Waals surface area contributed by atoms with Gasteiger partial charge in [-0.2, -0.15) is 0 Å². The molecule has 1 fully saturated rings. The van der Waals surface area contributed by atoms with Gasteiger partial charge in [-0.25, -0.2) is 9.78 Å². The molecule has 1 aliphatic rings. The van der Waals surface area contributed by atoms with E-state index < -0.39 is 5.97 Å². The number of benzene rings is 1. The summed E-state index contributed by atoms with van der Waals surface area (Å²) >= 11 is 0.